The molecule has 0 N–H and O–H groups in total. The van der Waals surface area contributed by atoms with Gasteiger partial charge in [-0.25, -0.2) is 4.98 Å². The van der Waals surface area contributed by atoms with Crippen molar-refractivity contribution in [3.05, 3.63) is 150 Å². The summed E-state index contributed by atoms with van der Waals surface area (Å²) < 4.78 is 8.88. The van der Waals surface area contributed by atoms with E-state index < -0.39 is 0 Å². The molecule has 7 aromatic rings. The van der Waals surface area contributed by atoms with Crippen LogP contribution in [0.4, 0.5) is 22.7 Å². The van der Waals surface area contributed by atoms with Crippen LogP contribution in [0, 0.1) is 47.9 Å². The third-order valence-electron chi connectivity index (χ3n) is 15.1. The zero-order chi connectivity index (χ0) is 45.2. The van der Waals surface area contributed by atoms with Gasteiger partial charge in [-0.05, 0) is 154 Å². The normalized spacial score (nSPS) is 21.3. The molecule has 0 amide bonds. The second-order valence-corrected chi connectivity index (χ2v) is 22.9. The molecule has 0 atom stereocenters. The molecule has 340 valence electrons. The van der Waals surface area contributed by atoms with Crippen LogP contribution >= 0.6 is 0 Å². The Morgan fingerprint density at radius 2 is 1.33 bits per heavy atom. The van der Waals surface area contributed by atoms with E-state index >= 15 is 0 Å². The van der Waals surface area contributed by atoms with Gasteiger partial charge in [0.25, 0.3) is 0 Å². The van der Waals surface area contributed by atoms with Crippen LogP contribution in [-0.4, -0.2) is 9.55 Å². The summed E-state index contributed by atoms with van der Waals surface area (Å²) in [6, 6.07) is 44.3. The average Bonchev–Trinajstić information content (AvgIpc) is 3.81. The number of benzene rings is 5. The van der Waals surface area contributed by atoms with Gasteiger partial charge in [-0.1, -0.05) is 86.0 Å². The molecule has 6 nitrogen and oxygen atoms in total. The molecule has 66 heavy (non-hydrogen) atoms. The Balaban J connectivity index is 0.00000511. The Morgan fingerprint density at radius 3 is 1.98 bits per heavy atom. The number of pyridine rings is 1. The van der Waals surface area contributed by atoms with E-state index in [-0.39, 0.29) is 42.7 Å². The van der Waals surface area contributed by atoms with Crippen molar-refractivity contribution in [2.24, 2.45) is 17.8 Å². The molecule has 4 bridgehead atoms. The molecule has 5 aliphatic rings. The van der Waals surface area contributed by atoms with Crippen LogP contribution in [0.25, 0.3) is 27.6 Å². The average molecular weight is 1050 g/mol. The molecule has 0 unspecified atom stereocenters. The third-order valence-corrected chi connectivity index (χ3v) is 15.1. The van der Waals surface area contributed by atoms with Gasteiger partial charge < -0.3 is 19.1 Å². The second-order valence-electron chi connectivity index (χ2n) is 22.9. The predicted octanol–water partition coefficient (Wildman–Crippen LogP) is 15.2. The summed E-state index contributed by atoms with van der Waals surface area (Å²) in [4.78, 5) is 9.70. The molecule has 4 aliphatic carbocycles. The molecule has 0 radical (unpaired) electrons. The number of hydrogen-bond acceptors (Lipinski definition) is 5. The predicted molar refractivity (Wildman–Crippen MR) is 265 cm³/mol. The van der Waals surface area contributed by atoms with E-state index in [1.54, 1.807) is 0 Å². The SMILES string of the molecule is CC(C)(C)c1cc(N2[CH-]N(c3[c-]c(Oc4[c-]c5c(cc4)c4cc(C#N)ccc4n5-c4cc(C(C)(C)C)ccn4)ccc3)c3cccc(C45CC6CC(CC(C6)C4)C5)c32)cc(C(C)(C)C)c1.[Pt]. The van der Waals surface area contributed by atoms with Gasteiger partial charge in [-0.3, -0.25) is 0 Å². The van der Waals surface area contributed by atoms with Gasteiger partial charge in [0.2, 0.25) is 0 Å². The molecule has 0 spiro atoms. The first kappa shape index (κ1) is 44.5. The number of anilines is 4. The smallest absolute Gasteiger partial charge is 0.135 e. The fourth-order valence-corrected chi connectivity index (χ4v) is 12.1. The van der Waals surface area contributed by atoms with E-state index in [4.69, 9.17) is 9.72 Å². The summed E-state index contributed by atoms with van der Waals surface area (Å²) in [5.41, 5.74) is 12.5. The Labute approximate surface area is 406 Å². The molecule has 5 aromatic carbocycles. The van der Waals surface area contributed by atoms with Crippen molar-refractivity contribution in [2.75, 3.05) is 9.80 Å². The van der Waals surface area contributed by atoms with Gasteiger partial charge in [-0.15, -0.1) is 48.1 Å². The topological polar surface area (TPSA) is 57.3 Å². The quantitative estimate of drug-likeness (QED) is 0.155. The van der Waals surface area contributed by atoms with E-state index in [9.17, 15) is 5.26 Å². The van der Waals surface area contributed by atoms with E-state index in [2.05, 4.69) is 168 Å². The van der Waals surface area contributed by atoms with Gasteiger partial charge in [0.15, 0.2) is 0 Å². The summed E-state index contributed by atoms with van der Waals surface area (Å²) in [6.07, 6.45) is 10.0. The zero-order valence-corrected chi connectivity index (χ0v) is 42.1. The molecule has 7 heteroatoms. The number of ether oxygens (including phenoxy) is 1. The maximum atomic E-state index is 9.85. The van der Waals surface area contributed by atoms with Crippen molar-refractivity contribution in [3.8, 4) is 23.4 Å². The van der Waals surface area contributed by atoms with Crippen LogP contribution in [0.2, 0.25) is 0 Å². The van der Waals surface area contributed by atoms with Gasteiger partial charge in [-0.2, -0.15) is 17.4 Å². The van der Waals surface area contributed by atoms with Crippen molar-refractivity contribution in [1.29, 1.82) is 5.26 Å². The fraction of sp³-hybridized carbons (Fsp3) is 0.373. The van der Waals surface area contributed by atoms with Crippen molar-refractivity contribution < 1.29 is 25.8 Å². The van der Waals surface area contributed by atoms with E-state index in [1.807, 2.05) is 36.5 Å². The molecule has 2 aromatic heterocycles. The van der Waals surface area contributed by atoms with E-state index in [0.717, 1.165) is 51.1 Å². The van der Waals surface area contributed by atoms with Crippen LogP contribution in [0.15, 0.2) is 103 Å². The van der Waals surface area contributed by atoms with Crippen LogP contribution in [0.1, 0.15) is 129 Å². The number of hydrogen-bond donors (Lipinski definition) is 0. The number of nitriles is 1. The van der Waals surface area contributed by atoms with Crippen LogP contribution in [0.3, 0.4) is 0 Å². The number of rotatable bonds is 6. The maximum Gasteiger partial charge on any atom is 0.135 e. The van der Waals surface area contributed by atoms with Gasteiger partial charge in [0.1, 0.15) is 5.82 Å². The Bertz CT molecular complexity index is 3010. The number of nitrogens with zero attached hydrogens (tertiary/aromatic N) is 5. The maximum absolute atomic E-state index is 9.85. The number of fused-ring (bicyclic) bond motifs is 4. The number of aromatic nitrogens is 2. The van der Waals surface area contributed by atoms with Crippen LogP contribution in [0.5, 0.6) is 11.5 Å². The second kappa shape index (κ2) is 15.9. The van der Waals surface area contributed by atoms with Gasteiger partial charge in [0, 0.05) is 61.3 Å². The monoisotopic (exact) mass is 1050 g/mol. The van der Waals surface area contributed by atoms with Crippen LogP contribution < -0.4 is 14.5 Å². The summed E-state index contributed by atoms with van der Waals surface area (Å²) in [6.45, 7) is 22.9. The minimum atomic E-state index is -0.0597. The summed E-state index contributed by atoms with van der Waals surface area (Å²) in [5, 5.41) is 11.8. The van der Waals surface area contributed by atoms with Crippen LogP contribution in [-0.2, 0) is 42.7 Å². The van der Waals surface area contributed by atoms with Crippen molar-refractivity contribution >= 4 is 44.6 Å². The first-order valence-corrected chi connectivity index (χ1v) is 23.7. The largest absolute Gasteiger partial charge is 0.509 e. The molecular formula is C59H60N5OPt-3. The summed E-state index contributed by atoms with van der Waals surface area (Å²) in [7, 11) is 0. The van der Waals surface area contributed by atoms with E-state index in [1.165, 1.54) is 77.8 Å². The first-order valence-electron chi connectivity index (χ1n) is 23.7. The molecular weight excluding hydrogens is 990 g/mol. The van der Waals surface area contributed by atoms with Crippen molar-refractivity contribution in [3.63, 3.8) is 0 Å². The standard InChI is InChI=1S/C59H60N5O.Pt/c1-56(2,3)41-20-21-61-54(29-41)64-51-19-16-37(35-60)25-49(51)48-18-17-47(31-53(48)64)65-46-13-10-12-44(30-46)62-36-63(45-27-42(57(4,5)6)26-43(28-45)58(7,8)9)55-50(14-11-15-52(55)62)59-32-38-22-39(33-59)24-40(23-38)34-59;/h10-21,25-29,36,38-40H,22-24,32-34H2,1-9H3;/q-3;. The molecule has 0 saturated heterocycles. The van der Waals surface area contributed by atoms with Gasteiger partial charge in [0.05, 0.1) is 11.6 Å². The minimum Gasteiger partial charge on any atom is -0.509 e. The summed E-state index contributed by atoms with van der Waals surface area (Å²) >= 11 is 0. The molecule has 4 fully saturated rings. The molecule has 3 heterocycles. The van der Waals surface area contributed by atoms with Crippen molar-refractivity contribution in [1.82, 2.24) is 9.55 Å². The molecule has 1 aliphatic heterocycles. The third kappa shape index (κ3) is 7.64. The fourth-order valence-electron chi connectivity index (χ4n) is 12.1. The minimum absolute atomic E-state index is 0. The van der Waals surface area contributed by atoms with Gasteiger partial charge >= 0.3 is 0 Å². The molecule has 12 rings (SSSR count). The molecule has 4 saturated carbocycles. The zero-order valence-electron chi connectivity index (χ0n) is 39.8. The Morgan fingerprint density at radius 1 is 0.682 bits per heavy atom. The first-order chi connectivity index (χ1) is 30.9. The number of para-hydroxylation sites is 1. The Kier molecular flexibility index (Phi) is 10.7. The van der Waals surface area contributed by atoms with E-state index in [0.29, 0.717) is 17.1 Å². The van der Waals surface area contributed by atoms with Crippen molar-refractivity contribution in [2.45, 2.75) is 122 Å². The Hall–Kier alpha value is -5.37. The summed E-state index contributed by atoms with van der Waals surface area (Å²) in [5.74, 6) is 4.49.